The molecule has 2 rings (SSSR count). The van der Waals surface area contributed by atoms with E-state index in [-0.39, 0.29) is 17.5 Å². The number of nitrogens with zero attached hydrogens (tertiary/aromatic N) is 1. The van der Waals surface area contributed by atoms with Crippen molar-refractivity contribution in [3.8, 4) is 11.5 Å². The number of halogens is 1. The maximum absolute atomic E-state index is 13.8. The van der Waals surface area contributed by atoms with E-state index in [2.05, 4.69) is 0 Å². The summed E-state index contributed by atoms with van der Waals surface area (Å²) in [4.78, 5) is 10.1. The van der Waals surface area contributed by atoms with Crippen molar-refractivity contribution in [2.45, 2.75) is 19.9 Å². The monoisotopic (exact) mass is 290 g/mol. The van der Waals surface area contributed by atoms with Gasteiger partial charge in [0.15, 0.2) is 11.6 Å². The quantitative estimate of drug-likeness (QED) is 0.685. The zero-order chi connectivity index (χ0) is 15.6. The van der Waals surface area contributed by atoms with Gasteiger partial charge in [-0.25, -0.2) is 4.39 Å². The van der Waals surface area contributed by atoms with E-state index < -0.39 is 10.7 Å². The number of aryl methyl sites for hydroxylation is 1. The van der Waals surface area contributed by atoms with Crippen LogP contribution in [0.5, 0.6) is 11.5 Å². The Labute approximate surface area is 121 Å². The Morgan fingerprint density at radius 3 is 2.43 bits per heavy atom. The highest BCUT2D eigenvalue weighted by molar-refractivity contribution is 5.46. The van der Waals surface area contributed by atoms with Crippen LogP contribution in [0.25, 0.3) is 0 Å². The lowest BCUT2D eigenvalue weighted by Crippen LogP contribution is -2.04. The molecular formula is C15H15FN2O3. The Morgan fingerprint density at radius 1 is 1.29 bits per heavy atom. The molecule has 1 atom stereocenters. The Morgan fingerprint density at radius 2 is 1.90 bits per heavy atom. The van der Waals surface area contributed by atoms with Crippen LogP contribution in [0.15, 0.2) is 36.4 Å². The fraction of sp³-hybridized carbons (Fsp3) is 0.200. The molecule has 0 aliphatic heterocycles. The maximum Gasteiger partial charge on any atom is 0.275 e. The third-order valence-electron chi connectivity index (χ3n) is 3.08. The van der Waals surface area contributed by atoms with E-state index >= 15 is 0 Å². The van der Waals surface area contributed by atoms with Gasteiger partial charge in [0.05, 0.1) is 11.0 Å². The summed E-state index contributed by atoms with van der Waals surface area (Å²) in [5.41, 5.74) is 6.74. The molecule has 5 nitrogen and oxygen atoms in total. The van der Waals surface area contributed by atoms with Crippen molar-refractivity contribution in [3.63, 3.8) is 0 Å². The number of ether oxygens (including phenoxy) is 1. The molecular weight excluding hydrogens is 275 g/mol. The number of hydrogen-bond donors (Lipinski definition) is 1. The fourth-order valence-corrected chi connectivity index (χ4v) is 1.89. The van der Waals surface area contributed by atoms with Crippen LogP contribution >= 0.6 is 0 Å². The Balaban J connectivity index is 2.27. The van der Waals surface area contributed by atoms with E-state index in [0.29, 0.717) is 11.3 Å². The normalized spacial score (nSPS) is 12.0. The third-order valence-corrected chi connectivity index (χ3v) is 3.08. The predicted molar refractivity (Wildman–Crippen MR) is 76.9 cm³/mol. The predicted octanol–water partition coefficient (Wildman–Crippen LogP) is 3.85. The standard InChI is InChI=1S/C15H15FN2O3/c1-9-7-15(13(16)8-14(9)18(19)20)21-12-5-3-11(4-6-12)10(2)17/h3-8,10H,17H2,1-2H3/t10-/m0/s1. The topological polar surface area (TPSA) is 78.4 Å². The third kappa shape index (κ3) is 3.35. The van der Waals surface area contributed by atoms with Gasteiger partial charge in [-0.15, -0.1) is 0 Å². The molecule has 0 radical (unpaired) electrons. The smallest absolute Gasteiger partial charge is 0.275 e. The van der Waals surface area contributed by atoms with Crippen LogP contribution in [0.2, 0.25) is 0 Å². The number of benzene rings is 2. The molecule has 2 N–H and O–H groups in total. The van der Waals surface area contributed by atoms with Gasteiger partial charge in [-0.2, -0.15) is 0 Å². The minimum absolute atomic E-state index is 0.0494. The molecule has 0 aromatic heterocycles. The van der Waals surface area contributed by atoms with E-state index in [1.54, 1.807) is 24.3 Å². The molecule has 0 bridgehead atoms. The molecule has 2 aromatic carbocycles. The van der Waals surface area contributed by atoms with Gasteiger partial charge < -0.3 is 10.5 Å². The zero-order valence-electron chi connectivity index (χ0n) is 11.7. The molecule has 0 spiro atoms. The van der Waals surface area contributed by atoms with E-state index in [0.717, 1.165) is 11.6 Å². The number of nitro groups is 1. The van der Waals surface area contributed by atoms with Crippen LogP contribution in [-0.4, -0.2) is 4.92 Å². The van der Waals surface area contributed by atoms with Crippen molar-refractivity contribution >= 4 is 5.69 Å². The average molecular weight is 290 g/mol. The van der Waals surface area contributed by atoms with Crippen LogP contribution in [0.3, 0.4) is 0 Å². The molecule has 0 aliphatic rings. The van der Waals surface area contributed by atoms with E-state index in [9.17, 15) is 14.5 Å². The summed E-state index contributed by atoms with van der Waals surface area (Å²) in [6.07, 6.45) is 0. The van der Waals surface area contributed by atoms with Gasteiger partial charge in [0, 0.05) is 11.6 Å². The second kappa shape index (κ2) is 5.88. The summed E-state index contributed by atoms with van der Waals surface area (Å²) >= 11 is 0. The Bertz CT molecular complexity index is 669. The molecule has 6 heteroatoms. The summed E-state index contributed by atoms with van der Waals surface area (Å²) in [6, 6.07) is 9.00. The van der Waals surface area contributed by atoms with Crippen LogP contribution < -0.4 is 10.5 Å². The van der Waals surface area contributed by atoms with E-state index in [1.807, 2.05) is 6.92 Å². The summed E-state index contributed by atoms with van der Waals surface area (Å²) < 4.78 is 19.3. The second-order valence-corrected chi connectivity index (χ2v) is 4.79. The van der Waals surface area contributed by atoms with Gasteiger partial charge in [0.25, 0.3) is 5.69 Å². The lowest BCUT2D eigenvalue weighted by Gasteiger charge is -2.10. The molecule has 0 heterocycles. The van der Waals surface area contributed by atoms with Crippen molar-refractivity contribution in [3.05, 3.63) is 63.5 Å². The van der Waals surface area contributed by atoms with E-state index in [4.69, 9.17) is 10.5 Å². The summed E-state index contributed by atoms with van der Waals surface area (Å²) in [6.45, 7) is 3.39. The zero-order valence-corrected chi connectivity index (χ0v) is 11.7. The summed E-state index contributed by atoms with van der Waals surface area (Å²) in [7, 11) is 0. The van der Waals surface area contributed by atoms with Crippen molar-refractivity contribution < 1.29 is 14.1 Å². The van der Waals surface area contributed by atoms with Crippen LogP contribution in [0, 0.1) is 22.9 Å². The van der Waals surface area contributed by atoms with Gasteiger partial charge in [-0.3, -0.25) is 10.1 Å². The lowest BCUT2D eigenvalue weighted by atomic mass is 10.1. The fourth-order valence-electron chi connectivity index (χ4n) is 1.89. The van der Waals surface area contributed by atoms with Gasteiger partial charge >= 0.3 is 0 Å². The second-order valence-electron chi connectivity index (χ2n) is 4.79. The first-order valence-electron chi connectivity index (χ1n) is 6.36. The van der Waals surface area contributed by atoms with Crippen molar-refractivity contribution in [2.75, 3.05) is 0 Å². The van der Waals surface area contributed by atoms with E-state index in [1.165, 1.54) is 13.0 Å². The Kier molecular flexibility index (Phi) is 4.18. The molecule has 0 aliphatic carbocycles. The van der Waals surface area contributed by atoms with Crippen molar-refractivity contribution in [2.24, 2.45) is 5.73 Å². The van der Waals surface area contributed by atoms with Crippen LogP contribution in [0.1, 0.15) is 24.1 Å². The molecule has 110 valence electrons. The number of hydrogen-bond acceptors (Lipinski definition) is 4. The molecule has 0 fully saturated rings. The van der Waals surface area contributed by atoms with Crippen LogP contribution in [0.4, 0.5) is 10.1 Å². The number of nitro benzene ring substituents is 1. The van der Waals surface area contributed by atoms with Gasteiger partial charge in [-0.05, 0) is 37.6 Å². The average Bonchev–Trinajstić information content (AvgIpc) is 2.42. The number of nitrogens with two attached hydrogens (primary N) is 1. The molecule has 21 heavy (non-hydrogen) atoms. The van der Waals surface area contributed by atoms with Gasteiger partial charge in [0.2, 0.25) is 0 Å². The van der Waals surface area contributed by atoms with Crippen molar-refractivity contribution in [1.82, 2.24) is 0 Å². The molecule has 0 saturated carbocycles. The van der Waals surface area contributed by atoms with Crippen molar-refractivity contribution in [1.29, 1.82) is 0 Å². The van der Waals surface area contributed by atoms with Crippen LogP contribution in [-0.2, 0) is 0 Å². The molecule has 0 saturated heterocycles. The summed E-state index contributed by atoms with van der Waals surface area (Å²) in [5, 5.41) is 10.7. The first-order valence-corrected chi connectivity index (χ1v) is 6.36. The minimum Gasteiger partial charge on any atom is -0.454 e. The van der Waals surface area contributed by atoms with Gasteiger partial charge in [-0.1, -0.05) is 12.1 Å². The lowest BCUT2D eigenvalue weighted by molar-refractivity contribution is -0.385. The molecule has 2 aromatic rings. The highest BCUT2D eigenvalue weighted by atomic mass is 19.1. The molecule has 0 amide bonds. The highest BCUT2D eigenvalue weighted by Crippen LogP contribution is 2.30. The highest BCUT2D eigenvalue weighted by Gasteiger charge is 2.16. The maximum atomic E-state index is 13.8. The first kappa shape index (κ1) is 14.9. The number of rotatable bonds is 4. The minimum atomic E-state index is -0.774. The largest absolute Gasteiger partial charge is 0.454 e. The Hall–Kier alpha value is -2.47. The summed E-state index contributed by atoms with van der Waals surface area (Å²) in [5.74, 6) is -0.387. The SMILES string of the molecule is Cc1cc(Oc2ccc([C@H](C)N)cc2)c(F)cc1[N+](=O)[O-]. The molecule has 0 unspecified atom stereocenters. The van der Waals surface area contributed by atoms with Gasteiger partial charge in [0.1, 0.15) is 5.75 Å². The first-order chi connectivity index (χ1) is 9.88.